The number of carbonyl (C=O) groups excluding carboxylic acids is 2. The van der Waals surface area contributed by atoms with Crippen LogP contribution in [0.4, 0.5) is 5.69 Å². The van der Waals surface area contributed by atoms with Crippen LogP contribution in [0.25, 0.3) is 0 Å². The summed E-state index contributed by atoms with van der Waals surface area (Å²) >= 11 is 0. The van der Waals surface area contributed by atoms with Crippen molar-refractivity contribution in [2.45, 2.75) is 25.3 Å². The standard InChI is InChI=1S/C16H20N2O4/c1-21-13-6-11(7-14(8-13)22-2)17-16(20)10-5-15(19)18(9-10)12-3-4-12/h6-8,10,12H,3-5,9H2,1-2H3,(H,17,20). The molecule has 2 fully saturated rings. The summed E-state index contributed by atoms with van der Waals surface area (Å²) in [4.78, 5) is 26.1. The van der Waals surface area contributed by atoms with Crippen molar-refractivity contribution in [3.8, 4) is 11.5 Å². The van der Waals surface area contributed by atoms with E-state index in [2.05, 4.69) is 5.32 Å². The molecule has 0 bridgehead atoms. The van der Waals surface area contributed by atoms with Gasteiger partial charge in [-0.15, -0.1) is 0 Å². The summed E-state index contributed by atoms with van der Waals surface area (Å²) in [5, 5.41) is 2.86. The van der Waals surface area contributed by atoms with E-state index in [-0.39, 0.29) is 17.7 Å². The summed E-state index contributed by atoms with van der Waals surface area (Å²) in [5.41, 5.74) is 0.610. The normalized spacial score (nSPS) is 20.9. The molecule has 1 N–H and O–H groups in total. The van der Waals surface area contributed by atoms with E-state index >= 15 is 0 Å². The van der Waals surface area contributed by atoms with Crippen LogP contribution in [0.1, 0.15) is 19.3 Å². The maximum absolute atomic E-state index is 12.4. The second-order valence-electron chi connectivity index (χ2n) is 5.77. The van der Waals surface area contributed by atoms with Gasteiger partial charge in [0.25, 0.3) is 0 Å². The fourth-order valence-electron chi connectivity index (χ4n) is 2.77. The van der Waals surface area contributed by atoms with Gasteiger partial charge in [0.05, 0.1) is 20.1 Å². The highest BCUT2D eigenvalue weighted by Gasteiger charge is 2.41. The Kier molecular flexibility index (Phi) is 3.92. The molecule has 0 spiro atoms. The van der Waals surface area contributed by atoms with Gasteiger partial charge in [0, 0.05) is 42.9 Å². The van der Waals surface area contributed by atoms with Crippen LogP contribution in [-0.4, -0.2) is 43.5 Å². The zero-order chi connectivity index (χ0) is 15.7. The summed E-state index contributed by atoms with van der Waals surface area (Å²) in [5.74, 6) is 0.886. The predicted octanol–water partition coefficient (Wildman–Crippen LogP) is 1.65. The van der Waals surface area contributed by atoms with Crippen LogP contribution < -0.4 is 14.8 Å². The summed E-state index contributed by atoms with van der Waals surface area (Å²) in [6, 6.07) is 5.57. The van der Waals surface area contributed by atoms with Crippen molar-refractivity contribution >= 4 is 17.5 Å². The van der Waals surface area contributed by atoms with Gasteiger partial charge in [-0.25, -0.2) is 0 Å². The first-order valence-electron chi connectivity index (χ1n) is 7.44. The van der Waals surface area contributed by atoms with Crippen molar-refractivity contribution in [1.29, 1.82) is 0 Å². The van der Waals surface area contributed by atoms with Gasteiger partial charge in [0.15, 0.2) is 0 Å². The zero-order valence-electron chi connectivity index (χ0n) is 12.8. The Hall–Kier alpha value is -2.24. The van der Waals surface area contributed by atoms with Crippen molar-refractivity contribution in [2.24, 2.45) is 5.92 Å². The van der Waals surface area contributed by atoms with E-state index in [1.54, 1.807) is 32.4 Å². The lowest BCUT2D eigenvalue weighted by molar-refractivity contribution is -0.128. The number of carbonyl (C=O) groups is 2. The second-order valence-corrected chi connectivity index (χ2v) is 5.77. The Morgan fingerprint density at radius 3 is 2.36 bits per heavy atom. The minimum Gasteiger partial charge on any atom is -0.497 e. The first kappa shape index (κ1) is 14.7. The monoisotopic (exact) mass is 304 g/mol. The lowest BCUT2D eigenvalue weighted by Gasteiger charge is -2.15. The molecule has 1 aliphatic heterocycles. The molecular formula is C16H20N2O4. The van der Waals surface area contributed by atoms with Crippen LogP contribution in [0.3, 0.4) is 0 Å². The summed E-state index contributed by atoms with van der Waals surface area (Å²) in [6.45, 7) is 0.524. The van der Waals surface area contributed by atoms with Crippen LogP contribution in [-0.2, 0) is 9.59 Å². The van der Waals surface area contributed by atoms with Crippen LogP contribution >= 0.6 is 0 Å². The SMILES string of the molecule is COc1cc(NC(=O)C2CC(=O)N(C3CC3)C2)cc(OC)c1. The number of ether oxygens (including phenoxy) is 2. The Morgan fingerprint density at radius 2 is 1.82 bits per heavy atom. The topological polar surface area (TPSA) is 67.9 Å². The van der Waals surface area contributed by atoms with E-state index in [0.717, 1.165) is 12.8 Å². The fraction of sp³-hybridized carbons (Fsp3) is 0.500. The number of amides is 2. The molecule has 22 heavy (non-hydrogen) atoms. The van der Waals surface area contributed by atoms with Gasteiger partial charge < -0.3 is 19.7 Å². The van der Waals surface area contributed by atoms with Crippen LogP contribution in [0, 0.1) is 5.92 Å². The number of benzene rings is 1. The number of nitrogens with one attached hydrogen (secondary N) is 1. The number of likely N-dealkylation sites (tertiary alicyclic amines) is 1. The molecule has 1 aliphatic carbocycles. The Morgan fingerprint density at radius 1 is 1.18 bits per heavy atom. The fourth-order valence-corrected chi connectivity index (χ4v) is 2.77. The molecule has 1 aromatic rings. The molecule has 1 heterocycles. The smallest absolute Gasteiger partial charge is 0.229 e. The Labute approximate surface area is 129 Å². The minimum absolute atomic E-state index is 0.0888. The lowest BCUT2D eigenvalue weighted by Crippen LogP contribution is -2.29. The number of rotatable bonds is 5. The highest BCUT2D eigenvalue weighted by Crippen LogP contribution is 2.33. The molecule has 2 aliphatic rings. The van der Waals surface area contributed by atoms with Gasteiger partial charge in [-0.3, -0.25) is 9.59 Å². The molecule has 2 amide bonds. The summed E-state index contributed by atoms with van der Waals surface area (Å²) in [6.07, 6.45) is 2.42. The molecule has 1 saturated heterocycles. The van der Waals surface area contributed by atoms with Crippen LogP contribution in [0.5, 0.6) is 11.5 Å². The van der Waals surface area contributed by atoms with Gasteiger partial charge in [0.1, 0.15) is 11.5 Å². The largest absolute Gasteiger partial charge is 0.497 e. The van der Waals surface area contributed by atoms with Gasteiger partial charge >= 0.3 is 0 Å². The average Bonchev–Trinajstić information content (AvgIpc) is 3.29. The van der Waals surface area contributed by atoms with Crippen molar-refractivity contribution < 1.29 is 19.1 Å². The van der Waals surface area contributed by atoms with E-state index in [1.807, 2.05) is 4.90 Å². The molecule has 6 nitrogen and oxygen atoms in total. The molecule has 1 unspecified atom stereocenters. The van der Waals surface area contributed by atoms with Crippen molar-refractivity contribution in [3.63, 3.8) is 0 Å². The molecule has 1 saturated carbocycles. The van der Waals surface area contributed by atoms with Crippen molar-refractivity contribution in [3.05, 3.63) is 18.2 Å². The van der Waals surface area contributed by atoms with E-state index < -0.39 is 0 Å². The third kappa shape index (κ3) is 3.00. The quantitative estimate of drug-likeness (QED) is 0.898. The van der Waals surface area contributed by atoms with Crippen LogP contribution in [0.15, 0.2) is 18.2 Å². The molecular weight excluding hydrogens is 284 g/mol. The highest BCUT2D eigenvalue weighted by molar-refractivity contribution is 5.97. The number of nitrogens with zero attached hydrogens (tertiary/aromatic N) is 1. The van der Waals surface area contributed by atoms with Crippen molar-refractivity contribution in [1.82, 2.24) is 4.90 Å². The molecule has 1 aromatic carbocycles. The number of anilines is 1. The highest BCUT2D eigenvalue weighted by atomic mass is 16.5. The molecule has 118 valence electrons. The molecule has 1 atom stereocenters. The van der Waals surface area contributed by atoms with Gasteiger partial charge in [0.2, 0.25) is 11.8 Å². The minimum atomic E-state index is -0.287. The lowest BCUT2D eigenvalue weighted by atomic mass is 10.1. The molecule has 6 heteroatoms. The molecule has 0 radical (unpaired) electrons. The number of hydrogen-bond acceptors (Lipinski definition) is 4. The summed E-state index contributed by atoms with van der Waals surface area (Å²) in [7, 11) is 3.12. The maximum Gasteiger partial charge on any atom is 0.229 e. The Bertz CT molecular complexity index is 576. The van der Waals surface area contributed by atoms with E-state index in [4.69, 9.17) is 9.47 Å². The molecule has 3 rings (SSSR count). The predicted molar refractivity (Wildman–Crippen MR) is 81.0 cm³/mol. The average molecular weight is 304 g/mol. The maximum atomic E-state index is 12.4. The van der Waals surface area contributed by atoms with Crippen molar-refractivity contribution in [2.75, 3.05) is 26.1 Å². The van der Waals surface area contributed by atoms with Gasteiger partial charge in [-0.1, -0.05) is 0 Å². The van der Waals surface area contributed by atoms with Gasteiger partial charge in [-0.05, 0) is 12.8 Å². The first-order valence-corrected chi connectivity index (χ1v) is 7.44. The van der Waals surface area contributed by atoms with E-state index in [9.17, 15) is 9.59 Å². The third-order valence-corrected chi connectivity index (χ3v) is 4.14. The van der Waals surface area contributed by atoms with E-state index in [1.165, 1.54) is 0 Å². The Balaban J connectivity index is 1.68. The first-order chi connectivity index (χ1) is 10.6. The molecule has 0 aromatic heterocycles. The van der Waals surface area contributed by atoms with Gasteiger partial charge in [-0.2, -0.15) is 0 Å². The number of hydrogen-bond donors (Lipinski definition) is 1. The number of methoxy groups -OCH3 is 2. The summed E-state index contributed by atoms with van der Waals surface area (Å²) < 4.78 is 10.4. The zero-order valence-corrected chi connectivity index (χ0v) is 12.8. The third-order valence-electron chi connectivity index (χ3n) is 4.14. The van der Waals surface area contributed by atoms with Crippen LogP contribution in [0.2, 0.25) is 0 Å². The second kappa shape index (κ2) is 5.87. The van der Waals surface area contributed by atoms with E-state index in [0.29, 0.717) is 36.2 Å².